The number of hydrogen-bond donors (Lipinski definition) is 0. The Kier molecular flexibility index (Phi) is 10.9. The Balaban J connectivity index is 4.34. The number of rotatable bonds is 11. The summed E-state index contributed by atoms with van der Waals surface area (Å²) in [6.07, 6.45) is 1.25. The second-order valence-corrected chi connectivity index (χ2v) is 5.89. The molecule has 0 unspecified atom stereocenters. The quantitative estimate of drug-likeness (QED) is 0.424. The highest BCUT2D eigenvalue weighted by molar-refractivity contribution is 7.57. The predicted octanol–water partition coefficient (Wildman–Crippen LogP) is 4.04. The molecule has 0 aromatic rings. The minimum Gasteiger partial charge on any atom is -0.434 e. The topological polar surface area (TPSA) is 63.2 Å². The molecular formula is C10H22O6P2. The van der Waals surface area contributed by atoms with Gasteiger partial charge < -0.3 is 22.6 Å². The van der Waals surface area contributed by atoms with Gasteiger partial charge >= 0.3 is 16.2 Å². The third kappa shape index (κ3) is 8.20. The maximum absolute atomic E-state index is 12.0. The van der Waals surface area contributed by atoms with Crippen LogP contribution in [0.2, 0.25) is 0 Å². The zero-order valence-corrected chi connectivity index (χ0v) is 13.1. The highest BCUT2D eigenvalue weighted by Gasteiger charge is 2.20. The first-order valence-corrected chi connectivity index (χ1v) is 8.61. The molecule has 0 aromatic heterocycles. The molecule has 0 heterocycles. The molecule has 0 fully saturated rings. The highest BCUT2D eigenvalue weighted by atomic mass is 31.2. The maximum Gasteiger partial charge on any atom is 0.396 e. The van der Waals surface area contributed by atoms with E-state index in [-0.39, 0.29) is 0 Å². The fourth-order valence-electron chi connectivity index (χ4n) is 0.944. The molecule has 0 aromatic carbocycles. The monoisotopic (exact) mass is 300 g/mol. The first-order valence-electron chi connectivity index (χ1n) is 5.91. The molecule has 0 saturated carbocycles. The molecule has 0 rings (SSSR count). The van der Waals surface area contributed by atoms with Crippen LogP contribution in [0.5, 0.6) is 0 Å². The third-order valence-electron chi connectivity index (χ3n) is 1.48. The van der Waals surface area contributed by atoms with E-state index >= 15 is 0 Å². The average molecular weight is 300 g/mol. The lowest BCUT2D eigenvalue weighted by atomic mass is 10.9. The lowest BCUT2D eigenvalue weighted by Gasteiger charge is -2.14. The Morgan fingerprint density at radius 3 is 1.83 bits per heavy atom. The zero-order chi connectivity index (χ0) is 13.9. The standard InChI is InChI=1S/C10H22O6P2/c1-5-12-17(13-6-2)14-9-10-18(11,15-7-3)16-8-4/h9-10H,5-8H2,1-4H3/b10-9+. The van der Waals surface area contributed by atoms with Gasteiger partial charge in [-0.15, -0.1) is 0 Å². The minimum atomic E-state index is -3.22. The summed E-state index contributed by atoms with van der Waals surface area (Å²) in [6, 6.07) is 0. The van der Waals surface area contributed by atoms with Crippen LogP contribution in [0.25, 0.3) is 0 Å². The molecule has 0 atom stereocenters. The smallest absolute Gasteiger partial charge is 0.396 e. The number of hydrogen-bond acceptors (Lipinski definition) is 6. The zero-order valence-electron chi connectivity index (χ0n) is 11.3. The Labute approximate surface area is 110 Å². The van der Waals surface area contributed by atoms with Gasteiger partial charge in [-0.25, -0.2) is 0 Å². The van der Waals surface area contributed by atoms with Gasteiger partial charge in [0, 0.05) is 0 Å². The van der Waals surface area contributed by atoms with E-state index in [0.29, 0.717) is 26.4 Å². The summed E-state index contributed by atoms with van der Waals surface area (Å²) in [6.45, 7) is 8.73. The van der Waals surface area contributed by atoms with Gasteiger partial charge in [0.15, 0.2) is 0 Å². The van der Waals surface area contributed by atoms with Gasteiger partial charge in [0.25, 0.3) is 0 Å². The molecule has 8 heteroatoms. The molecule has 0 spiro atoms. The third-order valence-corrected chi connectivity index (χ3v) is 4.43. The van der Waals surface area contributed by atoms with Crippen molar-refractivity contribution in [2.24, 2.45) is 0 Å². The minimum absolute atomic E-state index is 0.299. The molecule has 18 heavy (non-hydrogen) atoms. The van der Waals surface area contributed by atoms with Crippen LogP contribution < -0.4 is 0 Å². The van der Waals surface area contributed by atoms with E-state index in [1.807, 2.05) is 13.8 Å². The summed E-state index contributed by atoms with van der Waals surface area (Å²) in [4.78, 5) is 0. The molecule has 0 radical (unpaired) electrons. The predicted molar refractivity (Wildman–Crippen MR) is 71.3 cm³/mol. The van der Waals surface area contributed by atoms with Gasteiger partial charge in [0.05, 0.1) is 32.2 Å². The molecule has 108 valence electrons. The molecule has 0 N–H and O–H groups in total. The van der Waals surface area contributed by atoms with E-state index in [2.05, 4.69) is 0 Å². The van der Waals surface area contributed by atoms with Gasteiger partial charge in [0.1, 0.15) is 6.26 Å². The summed E-state index contributed by atoms with van der Waals surface area (Å²) < 4.78 is 37.8. The van der Waals surface area contributed by atoms with Crippen molar-refractivity contribution in [3.05, 3.63) is 12.1 Å². The van der Waals surface area contributed by atoms with Crippen molar-refractivity contribution < 1.29 is 27.2 Å². The second kappa shape index (κ2) is 10.9. The van der Waals surface area contributed by atoms with Crippen LogP contribution >= 0.6 is 16.2 Å². The summed E-state index contributed by atoms with van der Waals surface area (Å²) in [5.74, 6) is 1.27. The fourth-order valence-corrected chi connectivity index (χ4v) is 2.99. The fraction of sp³-hybridized carbons (Fsp3) is 0.800. The molecule has 0 saturated heterocycles. The Bertz CT molecular complexity index is 255. The van der Waals surface area contributed by atoms with E-state index in [0.717, 1.165) is 0 Å². The Hall–Kier alpha value is 0.0400. The van der Waals surface area contributed by atoms with Gasteiger partial charge in [-0.3, -0.25) is 4.57 Å². The van der Waals surface area contributed by atoms with Crippen molar-refractivity contribution in [2.75, 3.05) is 26.4 Å². The summed E-state index contributed by atoms with van der Waals surface area (Å²) in [5.41, 5.74) is 0. The Morgan fingerprint density at radius 2 is 1.44 bits per heavy atom. The highest BCUT2D eigenvalue weighted by Crippen LogP contribution is 2.50. The molecule has 0 bridgehead atoms. The largest absolute Gasteiger partial charge is 0.434 e. The molecule has 0 aliphatic heterocycles. The van der Waals surface area contributed by atoms with E-state index in [1.165, 1.54) is 12.1 Å². The SMILES string of the molecule is CCOP(O/C=C/P(=O)(OCC)OCC)OCC. The van der Waals surface area contributed by atoms with Gasteiger partial charge in [-0.1, -0.05) is 0 Å². The van der Waals surface area contributed by atoms with Crippen LogP contribution in [0, 0.1) is 0 Å². The lowest BCUT2D eigenvalue weighted by Crippen LogP contribution is -1.94. The summed E-state index contributed by atoms with van der Waals surface area (Å²) >= 11 is 0. The van der Waals surface area contributed by atoms with E-state index in [4.69, 9.17) is 22.6 Å². The van der Waals surface area contributed by atoms with Crippen LogP contribution in [0.1, 0.15) is 27.7 Å². The summed E-state index contributed by atoms with van der Waals surface area (Å²) in [5, 5.41) is 0. The van der Waals surface area contributed by atoms with Crippen LogP contribution in [0.15, 0.2) is 12.1 Å². The van der Waals surface area contributed by atoms with Crippen molar-refractivity contribution in [1.29, 1.82) is 0 Å². The average Bonchev–Trinajstić information content (AvgIpc) is 2.30. The van der Waals surface area contributed by atoms with Crippen molar-refractivity contribution >= 4 is 16.2 Å². The normalized spacial score (nSPS) is 12.5. The van der Waals surface area contributed by atoms with Gasteiger partial charge in [0.2, 0.25) is 0 Å². The maximum atomic E-state index is 12.0. The molecular weight excluding hydrogens is 278 g/mol. The van der Waals surface area contributed by atoms with Crippen LogP contribution in [-0.4, -0.2) is 26.4 Å². The van der Waals surface area contributed by atoms with Crippen molar-refractivity contribution in [3.63, 3.8) is 0 Å². The molecule has 0 amide bonds. The van der Waals surface area contributed by atoms with Gasteiger partial charge in [-0.2, -0.15) is 0 Å². The van der Waals surface area contributed by atoms with E-state index in [1.54, 1.807) is 13.8 Å². The van der Waals surface area contributed by atoms with Crippen LogP contribution in [-0.2, 0) is 27.2 Å². The van der Waals surface area contributed by atoms with Crippen LogP contribution in [0.3, 0.4) is 0 Å². The first kappa shape index (κ1) is 18.0. The first-order chi connectivity index (χ1) is 8.61. The molecule has 6 nitrogen and oxygen atoms in total. The van der Waals surface area contributed by atoms with E-state index in [9.17, 15) is 4.57 Å². The Morgan fingerprint density at radius 1 is 0.944 bits per heavy atom. The lowest BCUT2D eigenvalue weighted by molar-refractivity contribution is 0.206. The molecule has 0 aliphatic rings. The van der Waals surface area contributed by atoms with Crippen molar-refractivity contribution in [1.82, 2.24) is 0 Å². The second-order valence-electron chi connectivity index (χ2n) is 2.83. The molecule has 0 aliphatic carbocycles. The van der Waals surface area contributed by atoms with Crippen molar-refractivity contribution in [3.8, 4) is 0 Å². The van der Waals surface area contributed by atoms with Crippen LogP contribution in [0.4, 0.5) is 0 Å². The van der Waals surface area contributed by atoms with Gasteiger partial charge in [-0.05, 0) is 27.7 Å². The van der Waals surface area contributed by atoms with E-state index < -0.39 is 16.2 Å². The summed E-state index contributed by atoms with van der Waals surface area (Å²) in [7, 11) is -4.67. The van der Waals surface area contributed by atoms with Crippen molar-refractivity contribution in [2.45, 2.75) is 27.7 Å².